The highest BCUT2D eigenvalue weighted by molar-refractivity contribution is 7.93. The third-order valence-electron chi connectivity index (χ3n) is 2.31. The van der Waals surface area contributed by atoms with Gasteiger partial charge >= 0.3 is 0 Å². The molecule has 1 heterocycles. The summed E-state index contributed by atoms with van der Waals surface area (Å²) in [5.41, 5.74) is 5.81. The van der Waals surface area contributed by atoms with Crippen molar-refractivity contribution >= 4 is 26.7 Å². The predicted molar refractivity (Wildman–Crippen MR) is 77.4 cm³/mol. The number of sulfonamides is 1. The second-order valence-electron chi connectivity index (χ2n) is 3.64. The highest BCUT2D eigenvalue weighted by atomic mass is 32.2. The molecule has 10 heteroatoms. The molecule has 1 aromatic heterocycles. The second-order valence-corrected chi connectivity index (χ2v) is 6.03. The van der Waals surface area contributed by atoms with E-state index in [1.165, 1.54) is 19.2 Å². The van der Waals surface area contributed by atoms with Gasteiger partial charge in [0.05, 0.1) is 13.7 Å². The van der Waals surface area contributed by atoms with Gasteiger partial charge in [-0.1, -0.05) is 21.4 Å². The normalized spacial score (nSPS) is 10.6. The standard InChI is InChI=1S/C11H11N5O3S2/c1-19-9-5-4-8(3-2-6-12)7-10(9)21(17,18)14-11-13-15-16-20-11/h4-5,7H,6,12H2,1H3,(H,13,14,16). The number of nitrogens with one attached hydrogen (secondary N) is 1. The summed E-state index contributed by atoms with van der Waals surface area (Å²) in [5, 5.41) is 6.93. The summed E-state index contributed by atoms with van der Waals surface area (Å²) in [7, 11) is -2.50. The fourth-order valence-electron chi connectivity index (χ4n) is 1.46. The summed E-state index contributed by atoms with van der Waals surface area (Å²) in [6.45, 7) is 0.183. The molecule has 0 fully saturated rings. The van der Waals surface area contributed by atoms with Crippen LogP contribution in [-0.2, 0) is 10.0 Å². The smallest absolute Gasteiger partial charge is 0.267 e. The quantitative estimate of drug-likeness (QED) is 0.762. The van der Waals surface area contributed by atoms with E-state index >= 15 is 0 Å². The maximum Gasteiger partial charge on any atom is 0.267 e. The number of hydrogen-bond acceptors (Lipinski definition) is 8. The van der Waals surface area contributed by atoms with Crippen molar-refractivity contribution in [1.82, 2.24) is 14.8 Å². The van der Waals surface area contributed by atoms with Crippen molar-refractivity contribution < 1.29 is 13.2 Å². The number of ether oxygens (including phenoxy) is 1. The lowest BCUT2D eigenvalue weighted by Crippen LogP contribution is -2.14. The lowest BCUT2D eigenvalue weighted by molar-refractivity contribution is 0.403. The molecule has 8 nitrogen and oxygen atoms in total. The van der Waals surface area contributed by atoms with Gasteiger partial charge in [-0.05, 0) is 23.4 Å². The van der Waals surface area contributed by atoms with E-state index in [-0.39, 0.29) is 22.3 Å². The molecule has 0 aliphatic rings. The number of nitrogens with zero attached hydrogens (tertiary/aromatic N) is 3. The van der Waals surface area contributed by atoms with Gasteiger partial charge in [0.15, 0.2) is 0 Å². The molecule has 0 amide bonds. The van der Waals surface area contributed by atoms with E-state index in [1.807, 2.05) is 0 Å². The molecule has 0 saturated carbocycles. The number of benzene rings is 1. The van der Waals surface area contributed by atoms with Gasteiger partial charge in [-0.3, -0.25) is 4.72 Å². The topological polar surface area (TPSA) is 120 Å². The summed E-state index contributed by atoms with van der Waals surface area (Å²) in [6, 6.07) is 4.57. The summed E-state index contributed by atoms with van der Waals surface area (Å²) in [6.07, 6.45) is 0. The Balaban J connectivity index is 2.44. The first kappa shape index (κ1) is 15.2. The molecule has 1 aromatic carbocycles. The first-order chi connectivity index (χ1) is 10.1. The van der Waals surface area contributed by atoms with E-state index in [0.29, 0.717) is 5.56 Å². The Morgan fingerprint density at radius 1 is 1.48 bits per heavy atom. The largest absolute Gasteiger partial charge is 0.495 e. The van der Waals surface area contributed by atoms with Crippen molar-refractivity contribution in [1.29, 1.82) is 0 Å². The lowest BCUT2D eigenvalue weighted by Gasteiger charge is -2.09. The van der Waals surface area contributed by atoms with E-state index in [0.717, 1.165) is 11.5 Å². The highest BCUT2D eigenvalue weighted by Gasteiger charge is 2.21. The van der Waals surface area contributed by atoms with Crippen LogP contribution in [0.4, 0.5) is 5.13 Å². The third-order valence-corrected chi connectivity index (χ3v) is 4.31. The zero-order valence-electron chi connectivity index (χ0n) is 10.9. The monoisotopic (exact) mass is 325 g/mol. The number of hydrogen-bond donors (Lipinski definition) is 2. The van der Waals surface area contributed by atoms with Crippen LogP contribution in [0.3, 0.4) is 0 Å². The Bertz CT molecular complexity index is 778. The van der Waals surface area contributed by atoms with Crippen LogP contribution in [0.25, 0.3) is 0 Å². The van der Waals surface area contributed by atoms with Crippen molar-refractivity contribution in [3.63, 3.8) is 0 Å². The number of rotatable bonds is 4. The molecule has 110 valence electrons. The number of methoxy groups -OCH3 is 1. The SMILES string of the molecule is COc1ccc(C#CCN)cc1S(=O)(=O)Nc1nnns1. The molecule has 0 radical (unpaired) electrons. The Hall–Kier alpha value is -2.22. The van der Waals surface area contributed by atoms with E-state index < -0.39 is 10.0 Å². The van der Waals surface area contributed by atoms with Crippen LogP contribution in [0.2, 0.25) is 0 Å². The fourth-order valence-corrected chi connectivity index (χ4v) is 3.24. The predicted octanol–water partition coefficient (Wildman–Crippen LogP) is 0.0527. The van der Waals surface area contributed by atoms with Crippen LogP contribution in [-0.4, -0.2) is 36.9 Å². The molecule has 3 N–H and O–H groups in total. The van der Waals surface area contributed by atoms with Gasteiger partial charge in [-0.15, -0.1) is 0 Å². The molecule has 21 heavy (non-hydrogen) atoms. The van der Waals surface area contributed by atoms with Gasteiger partial charge in [-0.2, -0.15) is 0 Å². The molecule has 0 aliphatic heterocycles. The molecule has 0 unspecified atom stereocenters. The maximum atomic E-state index is 12.4. The molecule has 0 spiro atoms. The average molecular weight is 325 g/mol. The van der Waals surface area contributed by atoms with Crippen LogP contribution in [0.1, 0.15) is 5.56 Å². The molecule has 0 aliphatic carbocycles. The second kappa shape index (κ2) is 6.49. The van der Waals surface area contributed by atoms with Crippen LogP contribution in [0, 0.1) is 11.8 Å². The lowest BCUT2D eigenvalue weighted by atomic mass is 10.2. The fraction of sp³-hybridized carbons (Fsp3) is 0.182. The Kier molecular flexibility index (Phi) is 4.69. The van der Waals surface area contributed by atoms with Crippen molar-refractivity contribution in [3.05, 3.63) is 23.8 Å². The van der Waals surface area contributed by atoms with Crippen molar-refractivity contribution in [2.24, 2.45) is 5.73 Å². The number of anilines is 1. The minimum Gasteiger partial charge on any atom is -0.495 e. The van der Waals surface area contributed by atoms with Gasteiger partial charge in [0, 0.05) is 17.1 Å². The maximum absolute atomic E-state index is 12.4. The van der Waals surface area contributed by atoms with Gasteiger partial charge < -0.3 is 10.5 Å². The first-order valence-electron chi connectivity index (χ1n) is 5.61. The van der Waals surface area contributed by atoms with Gasteiger partial charge in [0.25, 0.3) is 10.0 Å². The van der Waals surface area contributed by atoms with E-state index in [2.05, 4.69) is 31.4 Å². The summed E-state index contributed by atoms with van der Waals surface area (Å²) in [4.78, 5) is -0.0518. The number of nitrogens with two attached hydrogens (primary N) is 1. The highest BCUT2D eigenvalue weighted by Crippen LogP contribution is 2.26. The van der Waals surface area contributed by atoms with Gasteiger partial charge in [0.2, 0.25) is 5.13 Å². The zero-order valence-corrected chi connectivity index (χ0v) is 12.5. The average Bonchev–Trinajstić information content (AvgIpc) is 2.97. The van der Waals surface area contributed by atoms with Crippen LogP contribution >= 0.6 is 11.5 Å². The Labute approximate surface area is 125 Å². The molecule has 2 rings (SSSR count). The molecular weight excluding hydrogens is 314 g/mol. The molecular formula is C11H11N5O3S2. The van der Waals surface area contributed by atoms with Crippen LogP contribution in [0.15, 0.2) is 23.1 Å². The molecule has 0 atom stereocenters. The summed E-state index contributed by atoms with van der Waals surface area (Å²) < 4.78 is 35.5. The van der Waals surface area contributed by atoms with Crippen LogP contribution < -0.4 is 15.2 Å². The van der Waals surface area contributed by atoms with Gasteiger partial charge in [0.1, 0.15) is 10.6 Å². The first-order valence-corrected chi connectivity index (χ1v) is 7.87. The summed E-state index contributed by atoms with van der Waals surface area (Å²) in [5.74, 6) is 5.62. The van der Waals surface area contributed by atoms with E-state index in [9.17, 15) is 8.42 Å². The minimum atomic E-state index is -3.88. The minimum absolute atomic E-state index is 0.0518. The molecule has 0 bridgehead atoms. The van der Waals surface area contributed by atoms with E-state index in [1.54, 1.807) is 6.07 Å². The third kappa shape index (κ3) is 3.66. The number of aromatic nitrogens is 3. The molecule has 0 saturated heterocycles. The molecule has 2 aromatic rings. The van der Waals surface area contributed by atoms with Gasteiger partial charge in [-0.25, -0.2) is 8.42 Å². The summed E-state index contributed by atoms with van der Waals surface area (Å²) >= 11 is 0.828. The Morgan fingerprint density at radius 3 is 2.90 bits per heavy atom. The van der Waals surface area contributed by atoms with Crippen molar-refractivity contribution in [2.75, 3.05) is 18.4 Å². The Morgan fingerprint density at radius 2 is 2.29 bits per heavy atom. The zero-order chi connectivity index (χ0) is 15.3. The van der Waals surface area contributed by atoms with Crippen LogP contribution in [0.5, 0.6) is 5.75 Å². The van der Waals surface area contributed by atoms with Crippen molar-refractivity contribution in [3.8, 4) is 17.6 Å². The van der Waals surface area contributed by atoms with Crippen molar-refractivity contribution in [2.45, 2.75) is 4.90 Å². The van der Waals surface area contributed by atoms with E-state index in [4.69, 9.17) is 10.5 Å².